The molecule has 5 heteroatoms. The maximum absolute atomic E-state index is 10.3. The van der Waals surface area contributed by atoms with Crippen molar-refractivity contribution in [3.63, 3.8) is 0 Å². The number of aliphatic hydroxyl groups is 2. The molecule has 2 saturated carbocycles. The maximum Gasteiger partial charge on any atom is 0.0951 e. The van der Waals surface area contributed by atoms with Crippen LogP contribution in [0.25, 0.3) is 0 Å². The van der Waals surface area contributed by atoms with Gasteiger partial charge in [-0.15, -0.1) is 0 Å². The Morgan fingerprint density at radius 3 is 2.39 bits per heavy atom. The second kappa shape index (κ2) is 6.26. The van der Waals surface area contributed by atoms with Crippen LogP contribution < -0.4 is 5.32 Å². The van der Waals surface area contributed by atoms with Gasteiger partial charge in [0.1, 0.15) is 0 Å². The monoisotopic (exact) mass is 327 g/mol. The Kier molecular flexibility index (Phi) is 4.80. The third kappa shape index (κ3) is 3.45. The predicted octanol–water partition coefficient (Wildman–Crippen LogP) is 1.60. The minimum Gasteiger partial charge on any atom is -0.389 e. The minimum atomic E-state index is -0.860. The summed E-state index contributed by atoms with van der Waals surface area (Å²) in [5.74, 6) is 0. The van der Waals surface area contributed by atoms with Gasteiger partial charge in [0, 0.05) is 31.2 Å². The predicted molar refractivity (Wildman–Crippen MR) is 88.3 cm³/mol. The first-order chi connectivity index (χ1) is 10.8. The molecule has 0 radical (unpaired) electrons. The van der Waals surface area contributed by atoms with Crippen LogP contribution in [0.3, 0.4) is 0 Å². The first kappa shape index (κ1) is 17.6. The molecule has 2 aliphatic carbocycles. The molecule has 0 aromatic heterocycles. The maximum atomic E-state index is 10.3. The lowest BCUT2D eigenvalue weighted by Crippen LogP contribution is -2.68. The minimum absolute atomic E-state index is 0.119. The van der Waals surface area contributed by atoms with Crippen molar-refractivity contribution in [1.29, 1.82) is 0 Å². The molecule has 0 amide bonds. The van der Waals surface area contributed by atoms with E-state index in [0.29, 0.717) is 12.6 Å². The molecule has 1 heterocycles. The number of hydrogen-bond acceptors (Lipinski definition) is 5. The topological polar surface area (TPSA) is 71.0 Å². The van der Waals surface area contributed by atoms with Gasteiger partial charge in [-0.05, 0) is 59.3 Å². The summed E-state index contributed by atoms with van der Waals surface area (Å²) in [5.41, 5.74) is -0.879. The summed E-state index contributed by atoms with van der Waals surface area (Å²) in [7, 11) is 0. The molecule has 134 valence electrons. The van der Waals surface area contributed by atoms with Crippen LogP contribution in [0.4, 0.5) is 0 Å². The second-order valence-corrected chi connectivity index (χ2v) is 8.73. The van der Waals surface area contributed by atoms with Crippen LogP contribution >= 0.6 is 0 Å². The number of nitrogens with one attached hydrogen (secondary N) is 1. The van der Waals surface area contributed by atoms with E-state index in [9.17, 15) is 10.2 Å². The van der Waals surface area contributed by atoms with Gasteiger partial charge in [-0.3, -0.25) is 0 Å². The van der Waals surface area contributed by atoms with Gasteiger partial charge in [0.2, 0.25) is 0 Å². The smallest absolute Gasteiger partial charge is 0.0951 e. The fourth-order valence-corrected chi connectivity index (χ4v) is 4.36. The Labute approximate surface area is 139 Å². The molecule has 5 nitrogen and oxygen atoms in total. The highest BCUT2D eigenvalue weighted by Gasteiger charge is 2.57. The highest BCUT2D eigenvalue weighted by Crippen LogP contribution is 2.51. The molecule has 3 rings (SSSR count). The van der Waals surface area contributed by atoms with Gasteiger partial charge >= 0.3 is 0 Å². The van der Waals surface area contributed by atoms with Crippen LogP contribution in [0.5, 0.6) is 0 Å². The molecular formula is C18H33NO4. The van der Waals surface area contributed by atoms with E-state index in [1.165, 1.54) is 0 Å². The van der Waals surface area contributed by atoms with E-state index in [4.69, 9.17) is 9.47 Å². The van der Waals surface area contributed by atoms with Crippen molar-refractivity contribution in [2.45, 2.75) is 88.7 Å². The zero-order valence-electron chi connectivity index (χ0n) is 14.8. The van der Waals surface area contributed by atoms with E-state index >= 15 is 0 Å². The molecule has 23 heavy (non-hydrogen) atoms. The summed E-state index contributed by atoms with van der Waals surface area (Å²) < 4.78 is 11.9. The van der Waals surface area contributed by atoms with E-state index in [2.05, 4.69) is 26.1 Å². The molecule has 3 fully saturated rings. The number of rotatable bonds is 5. The van der Waals surface area contributed by atoms with Crippen LogP contribution in [0.15, 0.2) is 0 Å². The third-order valence-corrected chi connectivity index (χ3v) is 6.10. The molecule has 3 aliphatic rings. The average Bonchev–Trinajstić information content (AvgIpc) is 2.47. The van der Waals surface area contributed by atoms with Crippen LogP contribution in [0, 0.1) is 5.41 Å². The van der Waals surface area contributed by atoms with Gasteiger partial charge in [-0.1, -0.05) is 0 Å². The zero-order valence-corrected chi connectivity index (χ0v) is 14.8. The van der Waals surface area contributed by atoms with Crippen molar-refractivity contribution in [1.82, 2.24) is 5.32 Å². The molecule has 1 aliphatic heterocycles. The van der Waals surface area contributed by atoms with Gasteiger partial charge in [-0.25, -0.2) is 0 Å². The quantitative estimate of drug-likeness (QED) is 0.715. The van der Waals surface area contributed by atoms with E-state index in [0.717, 1.165) is 51.7 Å². The lowest BCUT2D eigenvalue weighted by Gasteiger charge is -2.59. The number of aliphatic hydroxyl groups excluding tert-OH is 1. The van der Waals surface area contributed by atoms with Crippen molar-refractivity contribution >= 4 is 0 Å². The Bertz CT molecular complexity index is 410. The first-order valence-corrected chi connectivity index (χ1v) is 9.15. The summed E-state index contributed by atoms with van der Waals surface area (Å²) >= 11 is 0. The fourth-order valence-electron chi connectivity index (χ4n) is 4.36. The van der Waals surface area contributed by atoms with Crippen LogP contribution in [-0.2, 0) is 9.47 Å². The first-order valence-electron chi connectivity index (χ1n) is 9.15. The largest absolute Gasteiger partial charge is 0.389 e. The summed E-state index contributed by atoms with van der Waals surface area (Å²) in [6.45, 7) is 8.36. The molecule has 1 saturated heterocycles. The van der Waals surface area contributed by atoms with Gasteiger partial charge < -0.3 is 25.0 Å². The van der Waals surface area contributed by atoms with Gasteiger partial charge in [0.25, 0.3) is 0 Å². The molecule has 3 atom stereocenters. The highest BCUT2D eigenvalue weighted by atomic mass is 16.5. The summed E-state index contributed by atoms with van der Waals surface area (Å²) in [6, 6.07) is 0.345. The summed E-state index contributed by atoms with van der Waals surface area (Å²) in [4.78, 5) is 0. The Morgan fingerprint density at radius 1 is 1.22 bits per heavy atom. The molecular weight excluding hydrogens is 294 g/mol. The normalized spacial score (nSPS) is 33.8. The van der Waals surface area contributed by atoms with Crippen molar-refractivity contribution < 1.29 is 19.7 Å². The van der Waals surface area contributed by atoms with Crippen molar-refractivity contribution in [3.8, 4) is 0 Å². The fraction of sp³-hybridized carbons (Fsp3) is 1.00. The van der Waals surface area contributed by atoms with Crippen molar-refractivity contribution in [2.24, 2.45) is 5.41 Å². The summed E-state index contributed by atoms with van der Waals surface area (Å²) in [6.07, 6.45) is 5.02. The molecule has 0 aromatic carbocycles. The van der Waals surface area contributed by atoms with Gasteiger partial charge in [0.15, 0.2) is 0 Å². The Balaban J connectivity index is 1.58. The molecule has 0 bridgehead atoms. The third-order valence-electron chi connectivity index (χ3n) is 6.10. The highest BCUT2D eigenvalue weighted by molar-refractivity contribution is 5.10. The molecule has 0 aromatic rings. The Hall–Kier alpha value is -0.200. The standard InChI is InChI=1S/C18H33NO4/c1-16(2,3)23-15-11-13(17(15)7-9-22-10-8-17)19-12-14(20)18(21)5-4-6-18/h13-15,19-21H,4-12H2,1-3H3/t13-,14?,15-/m1/s1. The van der Waals surface area contributed by atoms with Crippen LogP contribution in [0.1, 0.15) is 59.3 Å². The van der Waals surface area contributed by atoms with E-state index in [1.807, 2.05) is 0 Å². The average molecular weight is 327 g/mol. The summed E-state index contributed by atoms with van der Waals surface area (Å²) in [5, 5.41) is 24.0. The van der Waals surface area contributed by atoms with Crippen molar-refractivity contribution in [3.05, 3.63) is 0 Å². The zero-order chi connectivity index (χ0) is 16.7. The molecule has 1 unspecified atom stereocenters. The van der Waals surface area contributed by atoms with Gasteiger partial charge in [-0.2, -0.15) is 0 Å². The lowest BCUT2D eigenvalue weighted by molar-refractivity contribution is -0.214. The number of ether oxygens (including phenoxy) is 2. The SMILES string of the molecule is CC(C)(C)O[C@@H]1C[C@@H](NCC(O)C2(O)CCC2)C12CCOCC2. The molecule has 1 spiro atoms. The van der Waals surface area contributed by atoms with Crippen molar-refractivity contribution in [2.75, 3.05) is 19.8 Å². The van der Waals surface area contributed by atoms with Crippen LogP contribution in [-0.4, -0.2) is 59.4 Å². The van der Waals surface area contributed by atoms with E-state index in [-0.39, 0.29) is 17.1 Å². The molecule has 3 N–H and O–H groups in total. The second-order valence-electron chi connectivity index (χ2n) is 8.73. The van der Waals surface area contributed by atoms with Gasteiger partial charge in [0.05, 0.1) is 23.4 Å². The number of hydrogen-bond donors (Lipinski definition) is 3. The lowest BCUT2D eigenvalue weighted by atomic mass is 9.57. The Morgan fingerprint density at radius 2 is 1.87 bits per heavy atom. The van der Waals surface area contributed by atoms with E-state index < -0.39 is 11.7 Å². The van der Waals surface area contributed by atoms with E-state index in [1.54, 1.807) is 0 Å². The van der Waals surface area contributed by atoms with Crippen LogP contribution in [0.2, 0.25) is 0 Å².